The van der Waals surface area contributed by atoms with Gasteiger partial charge in [0.15, 0.2) is 12.4 Å². The van der Waals surface area contributed by atoms with Gasteiger partial charge in [0.25, 0.3) is 0 Å². The van der Waals surface area contributed by atoms with E-state index in [0.29, 0.717) is 5.82 Å². The van der Waals surface area contributed by atoms with Crippen molar-refractivity contribution >= 4 is 28.0 Å². The van der Waals surface area contributed by atoms with Crippen molar-refractivity contribution in [3.05, 3.63) is 76.5 Å². The molecular formula is C17H13BrN4O2. The third-order valence-corrected chi connectivity index (χ3v) is 3.90. The van der Waals surface area contributed by atoms with Gasteiger partial charge in [0.05, 0.1) is 5.69 Å². The molecule has 0 spiro atoms. The van der Waals surface area contributed by atoms with Crippen LogP contribution in [0.1, 0.15) is 11.4 Å². The van der Waals surface area contributed by atoms with E-state index in [1.165, 1.54) is 10.8 Å². The number of benzene rings is 2. The Hall–Kier alpha value is -2.80. The predicted molar refractivity (Wildman–Crippen MR) is 92.1 cm³/mol. The highest BCUT2D eigenvalue weighted by atomic mass is 79.9. The van der Waals surface area contributed by atoms with E-state index in [-0.39, 0.29) is 6.61 Å². The summed E-state index contributed by atoms with van der Waals surface area (Å²) >= 11 is 3.42. The summed E-state index contributed by atoms with van der Waals surface area (Å²) in [6, 6.07) is 17.0. The molecule has 7 heteroatoms. The van der Waals surface area contributed by atoms with Crippen molar-refractivity contribution in [1.82, 2.24) is 20.2 Å². The predicted octanol–water partition coefficient (Wildman–Crippen LogP) is 3.18. The first-order chi connectivity index (χ1) is 11.7. The molecular weight excluding hydrogens is 372 g/mol. The molecule has 3 aromatic rings. The van der Waals surface area contributed by atoms with E-state index < -0.39 is 5.97 Å². The highest BCUT2D eigenvalue weighted by molar-refractivity contribution is 9.10. The molecule has 0 fully saturated rings. The molecule has 0 saturated heterocycles. The maximum atomic E-state index is 11.9. The van der Waals surface area contributed by atoms with E-state index >= 15 is 0 Å². The van der Waals surface area contributed by atoms with E-state index in [0.717, 1.165) is 15.7 Å². The van der Waals surface area contributed by atoms with Crippen LogP contribution in [0.2, 0.25) is 0 Å². The Bertz CT molecular complexity index is 862. The number of aromatic nitrogens is 4. The van der Waals surface area contributed by atoms with Gasteiger partial charge in [0.2, 0.25) is 0 Å². The Balaban J connectivity index is 1.64. The van der Waals surface area contributed by atoms with Gasteiger partial charge in [-0.3, -0.25) is 0 Å². The van der Waals surface area contributed by atoms with Crippen LogP contribution in [0.4, 0.5) is 0 Å². The van der Waals surface area contributed by atoms with Crippen LogP contribution in [0.3, 0.4) is 0 Å². The largest absolute Gasteiger partial charge is 0.454 e. The molecule has 1 aromatic heterocycles. The van der Waals surface area contributed by atoms with Gasteiger partial charge in [-0.05, 0) is 40.3 Å². The minimum absolute atomic E-state index is 0.0129. The first kappa shape index (κ1) is 16.1. The van der Waals surface area contributed by atoms with Crippen LogP contribution in [0, 0.1) is 0 Å². The Morgan fingerprint density at radius 1 is 1.12 bits per heavy atom. The molecule has 6 nitrogen and oxygen atoms in total. The highest BCUT2D eigenvalue weighted by Gasteiger charge is 2.09. The van der Waals surface area contributed by atoms with Crippen molar-refractivity contribution in [3.8, 4) is 5.69 Å². The minimum Gasteiger partial charge on any atom is -0.454 e. The van der Waals surface area contributed by atoms with Crippen LogP contribution in [0.5, 0.6) is 0 Å². The van der Waals surface area contributed by atoms with E-state index in [2.05, 4.69) is 31.5 Å². The van der Waals surface area contributed by atoms with Gasteiger partial charge in [-0.1, -0.05) is 52.3 Å². The lowest BCUT2D eigenvalue weighted by molar-refractivity contribution is -0.139. The average molecular weight is 385 g/mol. The van der Waals surface area contributed by atoms with Crippen LogP contribution >= 0.6 is 15.9 Å². The number of rotatable bonds is 5. The van der Waals surface area contributed by atoms with Gasteiger partial charge < -0.3 is 4.74 Å². The third kappa shape index (κ3) is 3.94. The lowest BCUT2D eigenvalue weighted by Crippen LogP contribution is -2.08. The van der Waals surface area contributed by atoms with Crippen LogP contribution in [0.15, 0.2) is 65.1 Å². The van der Waals surface area contributed by atoms with Gasteiger partial charge in [-0.25, -0.2) is 4.79 Å². The minimum atomic E-state index is -0.464. The molecule has 0 atom stereocenters. The molecule has 0 aliphatic heterocycles. The smallest absolute Gasteiger partial charge is 0.331 e. The lowest BCUT2D eigenvalue weighted by Gasteiger charge is -2.04. The number of ether oxygens (including phenoxy) is 1. The number of hydrogen-bond acceptors (Lipinski definition) is 5. The summed E-state index contributed by atoms with van der Waals surface area (Å²) in [5, 5.41) is 11.4. The average Bonchev–Trinajstić information content (AvgIpc) is 3.08. The lowest BCUT2D eigenvalue weighted by atomic mass is 10.2. The highest BCUT2D eigenvalue weighted by Crippen LogP contribution is 2.17. The summed E-state index contributed by atoms with van der Waals surface area (Å²) in [6.07, 6.45) is 3.06. The second kappa shape index (κ2) is 7.65. The number of nitrogens with zero attached hydrogens (tertiary/aromatic N) is 4. The number of carbonyl (C=O) groups excluding carboxylic acids is 1. The molecule has 0 aliphatic carbocycles. The maximum Gasteiger partial charge on any atom is 0.331 e. The Morgan fingerprint density at radius 3 is 2.67 bits per heavy atom. The van der Waals surface area contributed by atoms with Crippen LogP contribution in [-0.2, 0) is 16.1 Å². The fourth-order valence-electron chi connectivity index (χ4n) is 2.02. The van der Waals surface area contributed by atoms with E-state index in [1.54, 1.807) is 6.08 Å². The van der Waals surface area contributed by atoms with Gasteiger partial charge in [-0.2, -0.15) is 4.68 Å². The summed E-state index contributed by atoms with van der Waals surface area (Å²) in [4.78, 5) is 11.9. The molecule has 0 saturated carbocycles. The number of esters is 1. The monoisotopic (exact) mass is 384 g/mol. The topological polar surface area (TPSA) is 69.9 Å². The van der Waals surface area contributed by atoms with Crippen molar-refractivity contribution in [2.75, 3.05) is 0 Å². The number of para-hydroxylation sites is 1. The van der Waals surface area contributed by atoms with Crippen molar-refractivity contribution in [3.63, 3.8) is 0 Å². The van der Waals surface area contributed by atoms with Crippen LogP contribution in [0.25, 0.3) is 11.8 Å². The number of halogens is 1. The molecule has 2 aromatic carbocycles. The molecule has 0 bridgehead atoms. The summed E-state index contributed by atoms with van der Waals surface area (Å²) in [5.74, 6) is -0.0165. The van der Waals surface area contributed by atoms with E-state index in [4.69, 9.17) is 4.74 Å². The van der Waals surface area contributed by atoms with Crippen molar-refractivity contribution in [1.29, 1.82) is 0 Å². The molecule has 120 valence electrons. The fourth-order valence-corrected chi connectivity index (χ4v) is 2.43. The van der Waals surface area contributed by atoms with Gasteiger partial charge >= 0.3 is 5.97 Å². The maximum absolute atomic E-state index is 11.9. The Labute approximate surface area is 146 Å². The molecule has 0 unspecified atom stereocenters. The molecule has 0 radical (unpaired) electrons. The zero-order valence-corrected chi connectivity index (χ0v) is 14.1. The molecule has 24 heavy (non-hydrogen) atoms. The summed E-state index contributed by atoms with van der Waals surface area (Å²) in [6.45, 7) is -0.0129. The second-order valence-electron chi connectivity index (χ2n) is 4.81. The zero-order valence-electron chi connectivity index (χ0n) is 12.5. The summed E-state index contributed by atoms with van der Waals surface area (Å²) in [7, 11) is 0. The second-order valence-corrected chi connectivity index (χ2v) is 5.66. The molecule has 1 heterocycles. The standard InChI is InChI=1S/C17H13BrN4O2/c18-15-9-5-4-6-13(15)10-11-17(23)24-12-16-19-20-21-22(16)14-7-2-1-3-8-14/h1-11H,12H2. The van der Waals surface area contributed by atoms with Crippen LogP contribution < -0.4 is 0 Å². The summed E-state index contributed by atoms with van der Waals surface area (Å²) < 4.78 is 7.64. The first-order valence-corrected chi connectivity index (χ1v) is 7.95. The normalized spacial score (nSPS) is 10.9. The van der Waals surface area contributed by atoms with Crippen molar-refractivity contribution in [2.45, 2.75) is 6.61 Å². The Morgan fingerprint density at radius 2 is 1.88 bits per heavy atom. The fraction of sp³-hybridized carbons (Fsp3) is 0.0588. The number of hydrogen-bond donors (Lipinski definition) is 0. The molecule has 0 aliphatic rings. The van der Waals surface area contributed by atoms with Crippen molar-refractivity contribution in [2.24, 2.45) is 0 Å². The SMILES string of the molecule is O=C(C=Cc1ccccc1Br)OCc1nnnn1-c1ccccc1. The number of tetrazole rings is 1. The number of carbonyl (C=O) groups is 1. The molecule has 0 amide bonds. The summed E-state index contributed by atoms with van der Waals surface area (Å²) in [5.41, 5.74) is 1.70. The van der Waals surface area contributed by atoms with Crippen molar-refractivity contribution < 1.29 is 9.53 Å². The molecule has 0 N–H and O–H groups in total. The zero-order chi connectivity index (χ0) is 16.8. The Kier molecular flexibility index (Phi) is 5.12. The van der Waals surface area contributed by atoms with Gasteiger partial charge in [0.1, 0.15) is 0 Å². The quantitative estimate of drug-likeness (QED) is 0.499. The first-order valence-electron chi connectivity index (χ1n) is 7.16. The van der Waals surface area contributed by atoms with Gasteiger partial charge in [-0.15, -0.1) is 5.10 Å². The third-order valence-electron chi connectivity index (χ3n) is 3.18. The van der Waals surface area contributed by atoms with Crippen LogP contribution in [-0.4, -0.2) is 26.2 Å². The van der Waals surface area contributed by atoms with Gasteiger partial charge in [0, 0.05) is 10.5 Å². The molecule has 3 rings (SSSR count). The van der Waals surface area contributed by atoms with E-state index in [9.17, 15) is 4.79 Å². The van der Waals surface area contributed by atoms with E-state index in [1.807, 2.05) is 54.6 Å².